The molecule has 2 atom stereocenters. The molecular formula is C20H24FNO3S. The van der Waals surface area contributed by atoms with Gasteiger partial charge in [-0.1, -0.05) is 38.1 Å². The van der Waals surface area contributed by atoms with Crippen LogP contribution in [0, 0.1) is 5.92 Å². The number of hydrogen-bond acceptors (Lipinski definition) is 3. The Kier molecular flexibility index (Phi) is 4.84. The molecule has 1 aromatic heterocycles. The first-order valence-corrected chi connectivity index (χ1v) is 10.2. The van der Waals surface area contributed by atoms with Crippen molar-refractivity contribution in [2.24, 2.45) is 5.92 Å². The molecule has 0 bridgehead atoms. The van der Waals surface area contributed by atoms with Gasteiger partial charge in [-0.15, -0.1) is 0 Å². The van der Waals surface area contributed by atoms with E-state index in [9.17, 15) is 17.9 Å². The highest BCUT2D eigenvalue weighted by Gasteiger charge is 2.41. The normalized spacial score (nSPS) is 22.0. The predicted molar refractivity (Wildman–Crippen MR) is 102 cm³/mol. The largest absolute Gasteiger partial charge is 0.387 e. The number of rotatable bonds is 5. The summed E-state index contributed by atoms with van der Waals surface area (Å²) in [6.07, 6.45) is 3.65. The van der Waals surface area contributed by atoms with Crippen molar-refractivity contribution in [1.82, 2.24) is 3.97 Å². The van der Waals surface area contributed by atoms with Gasteiger partial charge in [0.25, 0.3) is 0 Å². The number of halogens is 1. The smallest absolute Gasteiger partial charge is 0.248 e. The van der Waals surface area contributed by atoms with Gasteiger partial charge in [-0.2, -0.15) is 0 Å². The van der Waals surface area contributed by atoms with E-state index in [1.54, 1.807) is 18.2 Å². The fraction of sp³-hybridized carbons (Fsp3) is 0.400. The second-order valence-corrected chi connectivity index (χ2v) is 9.74. The van der Waals surface area contributed by atoms with E-state index in [0.29, 0.717) is 17.6 Å². The van der Waals surface area contributed by atoms with Gasteiger partial charge in [0, 0.05) is 5.39 Å². The zero-order chi connectivity index (χ0) is 19.1. The highest BCUT2D eigenvalue weighted by molar-refractivity contribution is 7.91. The summed E-state index contributed by atoms with van der Waals surface area (Å²) in [6.45, 7) is 5.45. The number of hydrogen-bond donors (Lipinski definition) is 1. The Balaban J connectivity index is 2.24. The molecule has 0 saturated carbocycles. The molecule has 4 nitrogen and oxygen atoms in total. The highest BCUT2D eigenvalue weighted by Crippen LogP contribution is 2.37. The van der Waals surface area contributed by atoms with Crippen molar-refractivity contribution < 1.29 is 17.9 Å². The zero-order valence-electron chi connectivity index (χ0n) is 15.2. The maximum atomic E-state index is 13.8. The first-order valence-electron chi connectivity index (χ1n) is 8.74. The lowest BCUT2D eigenvalue weighted by Crippen LogP contribution is -2.39. The summed E-state index contributed by atoms with van der Waals surface area (Å²) >= 11 is 0. The summed E-state index contributed by atoms with van der Waals surface area (Å²) in [6, 6.07) is 8.81. The Bertz CT molecular complexity index is 988. The molecule has 0 amide bonds. The number of benzene rings is 1. The van der Waals surface area contributed by atoms with Crippen molar-refractivity contribution in [2.75, 3.05) is 0 Å². The lowest BCUT2D eigenvalue weighted by atomic mass is 10.0. The van der Waals surface area contributed by atoms with Crippen molar-refractivity contribution in [3.8, 4) is 0 Å². The Morgan fingerprint density at radius 1 is 1.31 bits per heavy atom. The molecule has 0 saturated heterocycles. The minimum absolute atomic E-state index is 0.176. The van der Waals surface area contributed by atoms with E-state index in [4.69, 9.17) is 0 Å². The molecule has 2 unspecified atom stereocenters. The number of aromatic nitrogens is 1. The standard InChI is InChI=1S/C20H24FNO3S/c1-14(2)11-19(23)18-12-15-7-4-5-9-17(15)22(18)26(24,25)20(3)10-6-8-16(21)13-20/h4-9,12-14,19,23H,10-11H2,1-3H3. The molecule has 0 radical (unpaired) electrons. The second-order valence-electron chi connectivity index (χ2n) is 7.49. The summed E-state index contributed by atoms with van der Waals surface area (Å²) < 4.78 is 40.7. The SMILES string of the molecule is CC(C)CC(O)c1cc2ccccc2n1S(=O)(=O)C1(C)C=C(F)C=CC1. The number of nitrogens with zero attached hydrogens (tertiary/aromatic N) is 1. The van der Waals surface area contributed by atoms with Crippen LogP contribution in [0.25, 0.3) is 10.9 Å². The van der Waals surface area contributed by atoms with E-state index in [1.165, 1.54) is 23.0 Å². The summed E-state index contributed by atoms with van der Waals surface area (Å²) in [5.41, 5.74) is 0.819. The Hall–Kier alpha value is -1.92. The van der Waals surface area contributed by atoms with Crippen molar-refractivity contribution in [2.45, 2.75) is 44.5 Å². The van der Waals surface area contributed by atoms with Gasteiger partial charge < -0.3 is 5.11 Å². The number of fused-ring (bicyclic) bond motifs is 1. The summed E-state index contributed by atoms with van der Waals surface area (Å²) in [4.78, 5) is 0. The minimum atomic E-state index is -4.00. The second kappa shape index (κ2) is 6.67. The van der Waals surface area contributed by atoms with Gasteiger partial charge >= 0.3 is 0 Å². The Morgan fingerprint density at radius 2 is 2.00 bits per heavy atom. The lowest BCUT2D eigenvalue weighted by molar-refractivity contribution is 0.146. The molecule has 3 rings (SSSR count). The zero-order valence-corrected chi connectivity index (χ0v) is 16.0. The van der Waals surface area contributed by atoms with E-state index < -0.39 is 26.7 Å². The number of aliphatic hydroxyl groups excluding tert-OH is 1. The predicted octanol–water partition coefficient (Wildman–Crippen LogP) is 4.47. The van der Waals surface area contributed by atoms with E-state index >= 15 is 0 Å². The quantitative estimate of drug-likeness (QED) is 0.836. The monoisotopic (exact) mass is 377 g/mol. The third-order valence-corrected chi connectivity index (χ3v) is 7.15. The van der Waals surface area contributed by atoms with Crippen LogP contribution in [0.5, 0.6) is 0 Å². The number of aliphatic hydroxyl groups is 1. The Labute approximate surface area is 153 Å². The van der Waals surface area contributed by atoms with Crippen molar-refractivity contribution in [3.63, 3.8) is 0 Å². The molecule has 1 aliphatic rings. The minimum Gasteiger partial charge on any atom is -0.387 e. The molecule has 140 valence electrons. The summed E-state index contributed by atoms with van der Waals surface area (Å²) in [5, 5.41) is 11.4. The molecule has 0 spiro atoms. The molecule has 0 aliphatic heterocycles. The van der Waals surface area contributed by atoms with Crippen LogP contribution >= 0.6 is 0 Å². The first-order chi connectivity index (χ1) is 12.2. The average Bonchev–Trinajstić information content (AvgIpc) is 2.94. The van der Waals surface area contributed by atoms with Crippen LogP contribution in [0.4, 0.5) is 4.39 Å². The van der Waals surface area contributed by atoms with Crippen LogP contribution in [0.1, 0.15) is 45.4 Å². The van der Waals surface area contributed by atoms with E-state index in [0.717, 1.165) is 11.5 Å². The van der Waals surface area contributed by atoms with Gasteiger partial charge in [0.15, 0.2) is 0 Å². The topological polar surface area (TPSA) is 59.3 Å². The van der Waals surface area contributed by atoms with Gasteiger partial charge in [0.1, 0.15) is 10.6 Å². The summed E-state index contributed by atoms with van der Waals surface area (Å²) in [7, 11) is -4.00. The van der Waals surface area contributed by atoms with Crippen molar-refractivity contribution >= 4 is 20.9 Å². The molecule has 1 aromatic carbocycles. The van der Waals surface area contributed by atoms with E-state index in [1.807, 2.05) is 26.0 Å². The van der Waals surface area contributed by atoms with E-state index in [2.05, 4.69) is 0 Å². The van der Waals surface area contributed by atoms with Crippen molar-refractivity contribution in [3.05, 3.63) is 60.1 Å². The summed E-state index contributed by atoms with van der Waals surface area (Å²) in [5.74, 6) is -0.368. The molecule has 6 heteroatoms. The van der Waals surface area contributed by atoms with Crippen LogP contribution in [0.3, 0.4) is 0 Å². The molecule has 2 aromatic rings. The lowest BCUT2D eigenvalue weighted by Gasteiger charge is -2.29. The third kappa shape index (κ3) is 3.12. The fourth-order valence-electron chi connectivity index (χ4n) is 3.41. The first kappa shape index (κ1) is 18.9. The number of allylic oxidation sites excluding steroid dienone is 3. The third-order valence-electron chi connectivity index (χ3n) is 4.80. The van der Waals surface area contributed by atoms with Gasteiger partial charge in [-0.3, -0.25) is 0 Å². The van der Waals surface area contributed by atoms with Crippen LogP contribution in [-0.4, -0.2) is 22.2 Å². The molecule has 1 N–H and O–H groups in total. The molecule has 1 heterocycles. The van der Waals surface area contributed by atoms with Crippen molar-refractivity contribution in [1.29, 1.82) is 0 Å². The van der Waals surface area contributed by atoms with Gasteiger partial charge in [0.05, 0.1) is 17.3 Å². The maximum Gasteiger partial charge on any atom is 0.248 e. The van der Waals surface area contributed by atoms with Gasteiger partial charge in [0.2, 0.25) is 10.0 Å². The number of para-hydroxylation sites is 1. The van der Waals surface area contributed by atoms with Gasteiger partial charge in [-0.05, 0) is 50.0 Å². The van der Waals surface area contributed by atoms with Crippen LogP contribution in [0.15, 0.2) is 54.4 Å². The van der Waals surface area contributed by atoms with Crippen LogP contribution in [0.2, 0.25) is 0 Å². The molecule has 26 heavy (non-hydrogen) atoms. The maximum absolute atomic E-state index is 13.8. The average molecular weight is 377 g/mol. The molecular weight excluding hydrogens is 353 g/mol. The molecule has 0 fully saturated rings. The molecule has 1 aliphatic carbocycles. The van der Waals surface area contributed by atoms with E-state index in [-0.39, 0.29) is 12.3 Å². The van der Waals surface area contributed by atoms with Crippen LogP contribution in [-0.2, 0) is 10.0 Å². The fourth-order valence-corrected chi connectivity index (χ4v) is 5.27. The van der Waals surface area contributed by atoms with Gasteiger partial charge in [-0.25, -0.2) is 16.8 Å². The highest BCUT2D eigenvalue weighted by atomic mass is 32.2. The Morgan fingerprint density at radius 3 is 2.65 bits per heavy atom. The van der Waals surface area contributed by atoms with Crippen LogP contribution < -0.4 is 0 Å².